The zero-order chi connectivity index (χ0) is 13.8. The topological polar surface area (TPSA) is 66.6 Å². The first-order chi connectivity index (χ1) is 9.13. The number of benzene rings is 1. The fourth-order valence-electron chi connectivity index (χ4n) is 2.21. The number of nitrogens with zero attached hydrogens (tertiary/aromatic N) is 2. The molecule has 0 aromatic heterocycles. The summed E-state index contributed by atoms with van der Waals surface area (Å²) >= 11 is 0. The first-order valence-electron chi connectivity index (χ1n) is 6.47. The first kappa shape index (κ1) is 13.5. The lowest BCUT2D eigenvalue weighted by atomic mass is 10.1. The average Bonchev–Trinajstić information content (AvgIpc) is 2.42. The Bertz CT molecular complexity index is 487. The third kappa shape index (κ3) is 3.12. The second-order valence-corrected chi connectivity index (χ2v) is 4.68. The lowest BCUT2D eigenvalue weighted by Gasteiger charge is -2.33. The number of amides is 2. The molecule has 1 saturated heterocycles. The van der Waals surface area contributed by atoms with Gasteiger partial charge in [0.25, 0.3) is 0 Å². The molecule has 0 unspecified atom stereocenters. The second kappa shape index (κ2) is 5.84. The average molecular weight is 261 g/mol. The van der Waals surface area contributed by atoms with E-state index in [1.165, 1.54) is 0 Å². The molecule has 1 heterocycles. The third-order valence-electron chi connectivity index (χ3n) is 3.34. The van der Waals surface area contributed by atoms with Crippen LogP contribution in [0, 0.1) is 0 Å². The second-order valence-electron chi connectivity index (χ2n) is 4.68. The number of hydrogen-bond acceptors (Lipinski definition) is 3. The molecule has 1 aromatic rings. The molecule has 0 spiro atoms. The highest BCUT2D eigenvalue weighted by molar-refractivity contribution is 5.92. The van der Waals surface area contributed by atoms with E-state index < -0.39 is 0 Å². The van der Waals surface area contributed by atoms with Gasteiger partial charge in [0.1, 0.15) is 6.54 Å². The van der Waals surface area contributed by atoms with Crippen LogP contribution in [0.25, 0.3) is 0 Å². The summed E-state index contributed by atoms with van der Waals surface area (Å²) in [5, 5.41) is 0. The summed E-state index contributed by atoms with van der Waals surface area (Å²) in [7, 11) is 0. The predicted molar refractivity (Wildman–Crippen MR) is 72.0 cm³/mol. The van der Waals surface area contributed by atoms with Gasteiger partial charge in [-0.2, -0.15) is 0 Å². The number of rotatable bonds is 4. The number of carbonyl (C=O) groups is 2. The monoisotopic (exact) mass is 261 g/mol. The summed E-state index contributed by atoms with van der Waals surface area (Å²) in [6, 6.07) is 7.80. The highest BCUT2D eigenvalue weighted by Crippen LogP contribution is 2.12. The fourth-order valence-corrected chi connectivity index (χ4v) is 2.21. The van der Waals surface area contributed by atoms with Gasteiger partial charge in [-0.1, -0.05) is 24.3 Å². The van der Waals surface area contributed by atoms with Crippen molar-refractivity contribution in [1.82, 2.24) is 9.80 Å². The molecule has 1 aliphatic rings. The Morgan fingerprint density at radius 3 is 2.42 bits per heavy atom. The largest absolute Gasteiger partial charge is 0.332 e. The van der Waals surface area contributed by atoms with E-state index in [1.54, 1.807) is 9.80 Å². The van der Waals surface area contributed by atoms with Crippen LogP contribution in [0.2, 0.25) is 0 Å². The third-order valence-corrected chi connectivity index (χ3v) is 3.34. The quantitative estimate of drug-likeness (QED) is 0.849. The molecular weight excluding hydrogens is 242 g/mol. The van der Waals surface area contributed by atoms with Crippen molar-refractivity contribution in [1.29, 1.82) is 0 Å². The molecule has 0 radical (unpaired) electrons. The van der Waals surface area contributed by atoms with Crippen molar-refractivity contribution in [3.63, 3.8) is 0 Å². The molecule has 1 aliphatic heterocycles. The lowest BCUT2D eigenvalue weighted by molar-refractivity contribution is -0.150. The Labute approximate surface area is 113 Å². The van der Waals surface area contributed by atoms with E-state index in [9.17, 15) is 9.59 Å². The van der Waals surface area contributed by atoms with Crippen molar-refractivity contribution < 1.29 is 9.59 Å². The Balaban J connectivity index is 2.06. The number of likely N-dealkylation sites (N-methyl/N-ethyl adjacent to an activating group) is 1. The van der Waals surface area contributed by atoms with Gasteiger partial charge in [-0.3, -0.25) is 9.59 Å². The molecule has 5 heteroatoms. The van der Waals surface area contributed by atoms with Gasteiger partial charge in [0.15, 0.2) is 0 Å². The Morgan fingerprint density at radius 2 is 1.74 bits per heavy atom. The normalized spacial score (nSPS) is 16.1. The van der Waals surface area contributed by atoms with Crippen molar-refractivity contribution in [3.05, 3.63) is 35.4 Å². The molecule has 0 saturated carbocycles. The summed E-state index contributed by atoms with van der Waals surface area (Å²) in [4.78, 5) is 27.0. The van der Waals surface area contributed by atoms with Gasteiger partial charge in [0, 0.05) is 19.6 Å². The maximum Gasteiger partial charge on any atom is 0.242 e. The molecule has 0 atom stereocenters. The van der Waals surface area contributed by atoms with Crippen LogP contribution in [0.15, 0.2) is 24.3 Å². The van der Waals surface area contributed by atoms with E-state index in [2.05, 4.69) is 0 Å². The maximum absolute atomic E-state index is 12.0. The standard InChI is InChI=1S/C14H19N3O2/c1-2-16-9-14(19)17(10-13(16)18)8-12-5-3-4-11(6-12)7-15/h3-6H,2,7-10,15H2,1H3. The van der Waals surface area contributed by atoms with Gasteiger partial charge in [0.05, 0.1) is 6.54 Å². The van der Waals surface area contributed by atoms with E-state index in [4.69, 9.17) is 5.73 Å². The highest BCUT2D eigenvalue weighted by Gasteiger charge is 2.28. The van der Waals surface area contributed by atoms with Crippen LogP contribution in [0.5, 0.6) is 0 Å². The molecule has 102 valence electrons. The number of nitrogens with two attached hydrogens (primary N) is 1. The zero-order valence-electron chi connectivity index (χ0n) is 11.1. The van der Waals surface area contributed by atoms with Crippen molar-refractivity contribution in [3.8, 4) is 0 Å². The molecule has 5 nitrogen and oxygen atoms in total. The Kier molecular flexibility index (Phi) is 4.16. The summed E-state index contributed by atoms with van der Waals surface area (Å²) < 4.78 is 0. The van der Waals surface area contributed by atoms with Gasteiger partial charge in [-0.15, -0.1) is 0 Å². The molecule has 2 rings (SSSR count). The zero-order valence-corrected chi connectivity index (χ0v) is 11.1. The van der Waals surface area contributed by atoms with Crippen molar-refractivity contribution in [2.45, 2.75) is 20.0 Å². The minimum absolute atomic E-state index is 0.000369. The van der Waals surface area contributed by atoms with Gasteiger partial charge in [0.2, 0.25) is 11.8 Å². The number of piperazine rings is 1. The molecule has 2 amide bonds. The van der Waals surface area contributed by atoms with Crippen molar-refractivity contribution >= 4 is 11.8 Å². The summed E-state index contributed by atoms with van der Waals surface area (Å²) in [5.74, 6) is 0.0108. The predicted octanol–water partition coefficient (Wildman–Crippen LogP) is 0.336. The lowest BCUT2D eigenvalue weighted by Crippen LogP contribution is -2.53. The summed E-state index contributed by atoms with van der Waals surface area (Å²) in [6.07, 6.45) is 0. The maximum atomic E-state index is 12.0. The van der Waals surface area contributed by atoms with Crippen LogP contribution in [0.3, 0.4) is 0 Å². The minimum Gasteiger partial charge on any atom is -0.332 e. The molecule has 1 aromatic carbocycles. The van der Waals surface area contributed by atoms with Gasteiger partial charge >= 0.3 is 0 Å². The van der Waals surface area contributed by atoms with Crippen LogP contribution in [-0.2, 0) is 22.7 Å². The van der Waals surface area contributed by atoms with E-state index in [1.807, 2.05) is 31.2 Å². The molecular formula is C14H19N3O2. The number of hydrogen-bond donors (Lipinski definition) is 1. The van der Waals surface area contributed by atoms with Crippen molar-refractivity contribution in [2.75, 3.05) is 19.6 Å². The van der Waals surface area contributed by atoms with E-state index in [0.29, 0.717) is 19.6 Å². The van der Waals surface area contributed by atoms with Gasteiger partial charge < -0.3 is 15.5 Å². The van der Waals surface area contributed by atoms with Crippen molar-refractivity contribution in [2.24, 2.45) is 5.73 Å². The first-order valence-corrected chi connectivity index (χ1v) is 6.47. The van der Waals surface area contributed by atoms with Crippen LogP contribution in [-0.4, -0.2) is 41.2 Å². The molecule has 19 heavy (non-hydrogen) atoms. The fraction of sp³-hybridized carbons (Fsp3) is 0.429. The smallest absolute Gasteiger partial charge is 0.242 e. The minimum atomic E-state index is -0.000369. The van der Waals surface area contributed by atoms with Gasteiger partial charge in [-0.05, 0) is 18.1 Å². The van der Waals surface area contributed by atoms with E-state index in [0.717, 1.165) is 11.1 Å². The SMILES string of the molecule is CCN1CC(=O)N(Cc2cccc(CN)c2)CC1=O. The molecule has 0 aliphatic carbocycles. The number of carbonyl (C=O) groups excluding carboxylic acids is 2. The Hall–Kier alpha value is -1.88. The van der Waals surface area contributed by atoms with E-state index >= 15 is 0 Å². The van der Waals surface area contributed by atoms with Crippen LogP contribution >= 0.6 is 0 Å². The van der Waals surface area contributed by atoms with Crippen LogP contribution < -0.4 is 5.73 Å². The van der Waals surface area contributed by atoms with E-state index in [-0.39, 0.29) is 24.9 Å². The molecule has 0 bridgehead atoms. The summed E-state index contributed by atoms with van der Waals surface area (Å²) in [6.45, 7) is 3.76. The van der Waals surface area contributed by atoms with Crippen LogP contribution in [0.4, 0.5) is 0 Å². The van der Waals surface area contributed by atoms with Gasteiger partial charge in [-0.25, -0.2) is 0 Å². The molecule has 1 fully saturated rings. The Morgan fingerprint density at radius 1 is 1.11 bits per heavy atom. The highest BCUT2D eigenvalue weighted by atomic mass is 16.2. The van der Waals surface area contributed by atoms with Crippen LogP contribution in [0.1, 0.15) is 18.1 Å². The molecule has 2 N–H and O–H groups in total. The summed E-state index contributed by atoms with van der Waals surface area (Å²) in [5.41, 5.74) is 7.64.